The highest BCUT2D eigenvalue weighted by atomic mass is 16.5. The lowest BCUT2D eigenvalue weighted by Crippen LogP contribution is -2.00. The molecule has 0 N–H and O–H groups in total. The van der Waals surface area contributed by atoms with Crippen molar-refractivity contribution in [2.75, 3.05) is 7.11 Å². The van der Waals surface area contributed by atoms with Crippen LogP contribution in [-0.2, 0) is 4.74 Å². The number of ether oxygens (including phenoxy) is 1. The Morgan fingerprint density at radius 3 is 3.40 bits per heavy atom. The first-order chi connectivity index (χ1) is 6.49. The Morgan fingerprint density at radius 2 is 2.70 bits per heavy atom. The average molecular weight is 141 g/mol. The molecule has 0 aliphatic carbocycles. The Labute approximate surface area is 64.3 Å². The maximum Gasteiger partial charge on any atom is 0.339 e. The summed E-state index contributed by atoms with van der Waals surface area (Å²) in [5.74, 6) is -0.888. The SMILES string of the molecule is [2H]c1nc([2H])c(C(=O)OC)c([2H])c1[2H]. The Balaban J connectivity index is 3.44. The van der Waals surface area contributed by atoms with Gasteiger partial charge in [0.05, 0.1) is 18.2 Å². The molecular formula is C7H7NO2. The van der Waals surface area contributed by atoms with Gasteiger partial charge in [0.25, 0.3) is 0 Å². The van der Waals surface area contributed by atoms with E-state index < -0.39 is 30.4 Å². The van der Waals surface area contributed by atoms with Crippen molar-refractivity contribution in [1.82, 2.24) is 4.98 Å². The number of carbonyl (C=O) groups is 1. The summed E-state index contributed by atoms with van der Waals surface area (Å²) < 4.78 is 33.2. The molecule has 0 aliphatic rings. The molecule has 0 saturated heterocycles. The van der Waals surface area contributed by atoms with Crippen molar-refractivity contribution in [3.8, 4) is 0 Å². The monoisotopic (exact) mass is 141 g/mol. The van der Waals surface area contributed by atoms with Crippen LogP contribution in [0.2, 0.25) is 0 Å². The van der Waals surface area contributed by atoms with Gasteiger partial charge in [0.2, 0.25) is 0 Å². The zero-order valence-electron chi connectivity index (χ0n) is 9.26. The number of pyridine rings is 1. The maximum atomic E-state index is 11.1. The lowest BCUT2D eigenvalue weighted by atomic mass is 10.3. The van der Waals surface area contributed by atoms with E-state index in [0.29, 0.717) is 0 Å². The Morgan fingerprint density at radius 1 is 1.90 bits per heavy atom. The molecule has 0 amide bonds. The second-order valence-electron chi connectivity index (χ2n) is 1.45. The molecule has 1 aromatic rings. The van der Waals surface area contributed by atoms with E-state index in [1.165, 1.54) is 0 Å². The first-order valence-corrected chi connectivity index (χ1v) is 2.51. The number of hydrogen-bond donors (Lipinski definition) is 0. The number of nitrogens with zero attached hydrogens (tertiary/aromatic N) is 1. The second-order valence-corrected chi connectivity index (χ2v) is 1.45. The van der Waals surface area contributed by atoms with Crippen LogP contribution < -0.4 is 0 Å². The topological polar surface area (TPSA) is 39.2 Å². The van der Waals surface area contributed by atoms with Gasteiger partial charge in [-0.2, -0.15) is 0 Å². The lowest BCUT2D eigenvalue weighted by Gasteiger charge is -1.94. The zero-order chi connectivity index (χ0) is 10.9. The van der Waals surface area contributed by atoms with Gasteiger partial charge in [-0.05, 0) is 12.1 Å². The summed E-state index contributed by atoms with van der Waals surface area (Å²) in [4.78, 5) is 14.4. The van der Waals surface area contributed by atoms with Gasteiger partial charge < -0.3 is 4.74 Å². The van der Waals surface area contributed by atoms with E-state index in [1.54, 1.807) is 0 Å². The third kappa shape index (κ3) is 1.31. The average Bonchev–Trinajstić information content (AvgIpc) is 2.14. The predicted octanol–water partition coefficient (Wildman–Crippen LogP) is 0.868. The van der Waals surface area contributed by atoms with Crippen LogP contribution in [-0.4, -0.2) is 18.1 Å². The van der Waals surface area contributed by atoms with Crippen LogP contribution in [0, 0.1) is 0 Å². The molecule has 0 aromatic carbocycles. The highest BCUT2D eigenvalue weighted by Crippen LogP contribution is 1.96. The van der Waals surface area contributed by atoms with Crippen molar-refractivity contribution in [1.29, 1.82) is 0 Å². The molecule has 3 nitrogen and oxygen atoms in total. The predicted molar refractivity (Wildman–Crippen MR) is 35.6 cm³/mol. The van der Waals surface area contributed by atoms with Crippen molar-refractivity contribution in [3.63, 3.8) is 0 Å². The molecule has 0 atom stereocenters. The van der Waals surface area contributed by atoms with Crippen LogP contribution in [0.5, 0.6) is 0 Å². The number of methoxy groups -OCH3 is 1. The highest BCUT2D eigenvalue weighted by Gasteiger charge is 2.01. The van der Waals surface area contributed by atoms with Crippen LogP contribution in [0.25, 0.3) is 0 Å². The number of esters is 1. The number of carbonyl (C=O) groups excluding carboxylic acids is 1. The molecule has 52 valence electrons. The number of hydrogen-bond acceptors (Lipinski definition) is 3. The van der Waals surface area contributed by atoms with Crippen molar-refractivity contribution in [2.24, 2.45) is 0 Å². The van der Waals surface area contributed by atoms with Gasteiger partial charge >= 0.3 is 5.97 Å². The molecular weight excluding hydrogens is 130 g/mol. The van der Waals surface area contributed by atoms with E-state index in [2.05, 4.69) is 9.72 Å². The summed E-state index contributed by atoms with van der Waals surface area (Å²) in [7, 11) is 1.11. The minimum atomic E-state index is -0.888. The smallest absolute Gasteiger partial charge is 0.339 e. The van der Waals surface area contributed by atoms with Crippen LogP contribution in [0.15, 0.2) is 24.4 Å². The van der Waals surface area contributed by atoms with Crippen LogP contribution in [0.3, 0.4) is 0 Å². The summed E-state index contributed by atoms with van der Waals surface area (Å²) in [6.45, 7) is 0. The van der Waals surface area contributed by atoms with Crippen molar-refractivity contribution in [3.05, 3.63) is 30.0 Å². The Hall–Kier alpha value is -1.38. The first-order valence-electron chi connectivity index (χ1n) is 4.51. The molecule has 0 fully saturated rings. The van der Waals surface area contributed by atoms with Crippen LogP contribution >= 0.6 is 0 Å². The summed E-state index contributed by atoms with van der Waals surface area (Å²) in [5, 5.41) is 0. The Bertz CT molecular complexity index is 394. The van der Waals surface area contributed by atoms with Gasteiger partial charge in [0.15, 0.2) is 0 Å². The highest BCUT2D eigenvalue weighted by molar-refractivity contribution is 5.88. The lowest BCUT2D eigenvalue weighted by molar-refractivity contribution is 0.0600. The second kappa shape index (κ2) is 2.96. The summed E-state index contributed by atoms with van der Waals surface area (Å²) in [6.07, 6.45) is -1.00. The van der Waals surface area contributed by atoms with Gasteiger partial charge in [-0.3, -0.25) is 4.98 Å². The molecule has 0 spiro atoms. The summed E-state index contributed by atoms with van der Waals surface area (Å²) >= 11 is 0. The van der Waals surface area contributed by atoms with Crippen molar-refractivity contribution >= 4 is 5.97 Å². The molecule has 0 radical (unpaired) electrons. The zero-order valence-corrected chi connectivity index (χ0v) is 5.26. The van der Waals surface area contributed by atoms with E-state index in [9.17, 15) is 4.79 Å². The fraction of sp³-hybridized carbons (Fsp3) is 0.143. The van der Waals surface area contributed by atoms with Gasteiger partial charge in [-0.25, -0.2) is 4.79 Å². The van der Waals surface area contributed by atoms with E-state index in [1.807, 2.05) is 0 Å². The fourth-order valence-electron chi connectivity index (χ4n) is 0.429. The minimum absolute atomic E-state index is 0.381. The van der Waals surface area contributed by atoms with E-state index in [-0.39, 0.29) is 5.56 Å². The molecule has 0 bridgehead atoms. The van der Waals surface area contributed by atoms with Crippen molar-refractivity contribution in [2.45, 2.75) is 0 Å². The largest absolute Gasteiger partial charge is 0.465 e. The van der Waals surface area contributed by atoms with E-state index in [4.69, 9.17) is 5.48 Å². The van der Waals surface area contributed by atoms with E-state index in [0.717, 1.165) is 7.11 Å². The quantitative estimate of drug-likeness (QED) is 0.545. The molecule has 3 heteroatoms. The standard InChI is InChI=1S/C7H7NO2/c1-10-7(9)6-3-2-4-8-5-6/h2-5H,1H3/i2D,3D,4D,5D. The third-order valence-electron chi connectivity index (χ3n) is 0.857. The molecule has 0 aliphatic heterocycles. The first kappa shape index (κ1) is 3.14. The minimum Gasteiger partial charge on any atom is -0.465 e. The molecule has 10 heavy (non-hydrogen) atoms. The number of aromatic nitrogens is 1. The fourth-order valence-corrected chi connectivity index (χ4v) is 0.429. The van der Waals surface area contributed by atoms with Gasteiger partial charge in [-0.15, -0.1) is 0 Å². The summed E-state index contributed by atoms with van der Waals surface area (Å²) in [5.41, 5.74) is -0.381. The third-order valence-corrected chi connectivity index (χ3v) is 0.857. The molecule has 0 saturated carbocycles. The molecule has 1 rings (SSSR count). The van der Waals surface area contributed by atoms with Crippen LogP contribution in [0.1, 0.15) is 15.8 Å². The molecule has 1 aromatic heterocycles. The van der Waals surface area contributed by atoms with Crippen molar-refractivity contribution < 1.29 is 15.0 Å². The maximum absolute atomic E-state index is 11.1. The molecule has 0 unspecified atom stereocenters. The number of rotatable bonds is 1. The van der Waals surface area contributed by atoms with Gasteiger partial charge in [-0.1, -0.05) is 0 Å². The van der Waals surface area contributed by atoms with Gasteiger partial charge in [0, 0.05) is 12.3 Å². The Kier molecular flexibility index (Phi) is 0.931. The van der Waals surface area contributed by atoms with Gasteiger partial charge in [0.1, 0.15) is 0 Å². The summed E-state index contributed by atoms with van der Waals surface area (Å²) in [6, 6.07) is -0.983. The van der Waals surface area contributed by atoms with Crippen LogP contribution in [0.4, 0.5) is 0 Å². The molecule has 1 heterocycles. The van der Waals surface area contributed by atoms with E-state index >= 15 is 0 Å². The normalized spacial score (nSPS) is 14.5.